The fraction of sp³-hybridized carbons (Fsp3) is 0.667. The van der Waals surface area contributed by atoms with E-state index in [4.69, 9.17) is 24.7 Å². The van der Waals surface area contributed by atoms with Crippen LogP contribution in [0.25, 0.3) is 0 Å². The largest absolute Gasteiger partial charge is 0.409 e. The Labute approximate surface area is 303 Å². The standard InChI is InChI=1S/C36H72O6Si6/c1-13-25-31-43(19-7)37-44(20-8,32-26-14-2)39-46(22-10,34-28-16-4)41-48(24-12,36-30-18-6)42-47(23-11,35-29-17-5)40-45(21-9,38-43)33-27-15-3/h19-24H,7-18,25-36H2,1-6H3. The van der Waals surface area contributed by atoms with E-state index in [0.29, 0.717) is 0 Å². The Bertz CT molecular complexity index is 794. The third kappa shape index (κ3) is 12.9. The van der Waals surface area contributed by atoms with Gasteiger partial charge in [0.25, 0.3) is 0 Å². The van der Waals surface area contributed by atoms with Gasteiger partial charge in [-0.3, -0.25) is 0 Å². The SMILES string of the molecule is C=C[Si]1(CCCC)O[Si](C=C)(CCCC)O[Si](C=C)(CCCC)O[Si](C=C)(CCCC)O[Si](C=C)(CCCC)O[Si](C=C)(CCCC)O1. The summed E-state index contributed by atoms with van der Waals surface area (Å²) in [6.07, 6.45) is 11.7. The fourth-order valence-corrected chi connectivity index (χ4v) is 38.6. The average Bonchev–Trinajstić information content (AvgIpc) is 3.11. The van der Waals surface area contributed by atoms with Crippen LogP contribution in [-0.4, -0.2) is 51.4 Å². The smallest absolute Gasteiger partial charge is 0.347 e. The fourth-order valence-electron chi connectivity index (χ4n) is 6.14. The van der Waals surface area contributed by atoms with Gasteiger partial charge in [0, 0.05) is 0 Å². The Morgan fingerprint density at radius 1 is 0.292 bits per heavy atom. The molecule has 1 aliphatic rings. The molecule has 12 heteroatoms. The molecule has 0 aromatic heterocycles. The topological polar surface area (TPSA) is 55.4 Å². The molecule has 0 aromatic carbocycles. The second-order valence-electron chi connectivity index (χ2n) is 13.3. The van der Waals surface area contributed by atoms with Crippen LogP contribution in [0.15, 0.2) is 73.7 Å². The number of hydrogen-bond donors (Lipinski definition) is 0. The second-order valence-corrected chi connectivity index (χ2v) is 33.4. The molecule has 276 valence electrons. The van der Waals surface area contributed by atoms with Crippen LogP contribution in [0.2, 0.25) is 36.3 Å². The Kier molecular flexibility index (Phi) is 21.3. The summed E-state index contributed by atoms with van der Waals surface area (Å²) in [5.74, 6) is 0. The van der Waals surface area contributed by atoms with Crippen LogP contribution in [0.3, 0.4) is 0 Å². The van der Waals surface area contributed by atoms with E-state index >= 15 is 0 Å². The summed E-state index contributed by atoms with van der Waals surface area (Å²) in [5, 5.41) is 0. The van der Waals surface area contributed by atoms with E-state index in [0.717, 1.165) is 113 Å². The van der Waals surface area contributed by atoms with Gasteiger partial charge in [0.15, 0.2) is 0 Å². The third-order valence-electron chi connectivity index (χ3n) is 9.21. The van der Waals surface area contributed by atoms with E-state index in [9.17, 15) is 0 Å². The molecule has 1 aliphatic heterocycles. The molecular formula is C36H72O6Si6. The van der Waals surface area contributed by atoms with Crippen LogP contribution in [0.1, 0.15) is 119 Å². The first-order valence-electron chi connectivity index (χ1n) is 19.0. The Morgan fingerprint density at radius 2 is 0.417 bits per heavy atom. The Hall–Kier alpha value is -0.499. The summed E-state index contributed by atoms with van der Waals surface area (Å²) in [4.78, 5) is 0. The zero-order valence-corrected chi connectivity index (χ0v) is 37.9. The monoisotopic (exact) mass is 768 g/mol. The van der Waals surface area contributed by atoms with Crippen molar-refractivity contribution in [3.8, 4) is 0 Å². The van der Waals surface area contributed by atoms with Crippen LogP contribution in [0, 0.1) is 0 Å². The van der Waals surface area contributed by atoms with Gasteiger partial charge in [-0.25, -0.2) is 0 Å². The Morgan fingerprint density at radius 3 is 0.500 bits per heavy atom. The molecule has 1 heterocycles. The molecule has 0 radical (unpaired) electrons. The van der Waals surface area contributed by atoms with Crippen molar-refractivity contribution in [1.82, 2.24) is 0 Å². The first-order chi connectivity index (χ1) is 23.0. The summed E-state index contributed by atoms with van der Waals surface area (Å²) in [7, 11) is -19.2. The normalized spacial score (nSPS) is 33.1. The molecule has 0 unspecified atom stereocenters. The number of hydrogen-bond acceptors (Lipinski definition) is 6. The van der Waals surface area contributed by atoms with Gasteiger partial charge in [-0.1, -0.05) is 153 Å². The zero-order chi connectivity index (χ0) is 36.2. The van der Waals surface area contributed by atoms with Crippen molar-refractivity contribution in [3.63, 3.8) is 0 Å². The van der Waals surface area contributed by atoms with Gasteiger partial charge in [0.1, 0.15) is 0 Å². The molecule has 0 atom stereocenters. The van der Waals surface area contributed by atoms with E-state index in [-0.39, 0.29) is 0 Å². The minimum atomic E-state index is -3.19. The first kappa shape index (κ1) is 45.5. The molecule has 0 saturated carbocycles. The lowest BCUT2D eigenvalue weighted by atomic mass is 10.4. The lowest BCUT2D eigenvalue weighted by molar-refractivity contribution is 0.233. The highest BCUT2D eigenvalue weighted by Crippen LogP contribution is 2.41. The highest BCUT2D eigenvalue weighted by atomic mass is 28.5. The molecule has 0 aliphatic carbocycles. The van der Waals surface area contributed by atoms with Gasteiger partial charge in [-0.15, -0.1) is 39.5 Å². The molecule has 6 nitrogen and oxygen atoms in total. The Balaban J connectivity index is 4.40. The van der Waals surface area contributed by atoms with Gasteiger partial charge in [-0.05, 0) is 36.3 Å². The molecule has 0 amide bonds. The van der Waals surface area contributed by atoms with E-state index in [1.807, 2.05) is 34.2 Å². The molecule has 0 spiro atoms. The molecule has 0 aromatic rings. The summed E-state index contributed by atoms with van der Waals surface area (Å²) in [5.41, 5.74) is 11.9. The molecule has 48 heavy (non-hydrogen) atoms. The van der Waals surface area contributed by atoms with Gasteiger partial charge in [-0.2, -0.15) is 0 Å². The van der Waals surface area contributed by atoms with Gasteiger partial charge in [0.2, 0.25) is 0 Å². The maximum Gasteiger partial charge on any atom is 0.347 e. The summed E-state index contributed by atoms with van der Waals surface area (Å²) >= 11 is 0. The lowest BCUT2D eigenvalue weighted by Gasteiger charge is -2.50. The number of rotatable bonds is 24. The van der Waals surface area contributed by atoms with E-state index in [2.05, 4.69) is 81.0 Å². The van der Waals surface area contributed by atoms with Crippen molar-refractivity contribution in [3.05, 3.63) is 73.7 Å². The first-order valence-corrected chi connectivity index (χ1v) is 31.6. The average molecular weight is 769 g/mol. The van der Waals surface area contributed by atoms with E-state index in [1.54, 1.807) is 0 Å². The van der Waals surface area contributed by atoms with Crippen LogP contribution >= 0.6 is 0 Å². The molecule has 1 saturated heterocycles. The minimum Gasteiger partial charge on any atom is -0.409 e. The zero-order valence-electron chi connectivity index (χ0n) is 31.9. The van der Waals surface area contributed by atoms with E-state index < -0.39 is 51.4 Å². The van der Waals surface area contributed by atoms with Crippen molar-refractivity contribution in [2.75, 3.05) is 0 Å². The number of unbranched alkanes of at least 4 members (excludes halogenated alkanes) is 6. The second kappa shape index (κ2) is 22.4. The van der Waals surface area contributed by atoms with Crippen molar-refractivity contribution in [2.24, 2.45) is 0 Å². The lowest BCUT2D eigenvalue weighted by Crippen LogP contribution is -2.68. The van der Waals surface area contributed by atoms with Crippen LogP contribution < -0.4 is 0 Å². The maximum atomic E-state index is 7.59. The third-order valence-corrected chi connectivity index (χ3v) is 35.8. The summed E-state index contributed by atoms with van der Waals surface area (Å²) in [6, 6.07) is 4.51. The molecule has 1 fully saturated rings. The summed E-state index contributed by atoms with van der Waals surface area (Å²) in [6.45, 7) is 39.7. The predicted molar refractivity (Wildman–Crippen MR) is 221 cm³/mol. The highest BCUT2D eigenvalue weighted by Gasteiger charge is 2.60. The van der Waals surface area contributed by atoms with Crippen molar-refractivity contribution >= 4 is 51.4 Å². The molecular weight excluding hydrogens is 697 g/mol. The highest BCUT2D eigenvalue weighted by molar-refractivity contribution is 7.00. The van der Waals surface area contributed by atoms with Crippen LogP contribution in [-0.2, 0) is 24.7 Å². The van der Waals surface area contributed by atoms with Crippen molar-refractivity contribution in [2.45, 2.75) is 155 Å². The molecule has 0 N–H and O–H groups in total. The van der Waals surface area contributed by atoms with Crippen molar-refractivity contribution < 1.29 is 24.7 Å². The maximum absolute atomic E-state index is 7.59. The van der Waals surface area contributed by atoms with Gasteiger partial charge in [0.05, 0.1) is 0 Å². The quantitative estimate of drug-likeness (QED) is 0.0912. The summed E-state index contributed by atoms with van der Waals surface area (Å²) < 4.78 is 45.5. The van der Waals surface area contributed by atoms with Gasteiger partial charge >= 0.3 is 51.4 Å². The van der Waals surface area contributed by atoms with Gasteiger partial charge < -0.3 is 24.7 Å². The minimum absolute atomic E-state index is 0.752. The molecule has 0 bridgehead atoms. The predicted octanol–water partition coefficient (Wildman–Crippen LogP) is 11.9. The van der Waals surface area contributed by atoms with Crippen molar-refractivity contribution in [1.29, 1.82) is 0 Å². The molecule has 1 rings (SSSR count). The van der Waals surface area contributed by atoms with Crippen LogP contribution in [0.5, 0.6) is 0 Å². The van der Waals surface area contributed by atoms with Crippen LogP contribution in [0.4, 0.5) is 0 Å². The van der Waals surface area contributed by atoms with E-state index in [1.165, 1.54) is 0 Å².